The van der Waals surface area contributed by atoms with Crippen LogP contribution in [0.3, 0.4) is 0 Å². The second-order valence-electron chi connectivity index (χ2n) is 7.51. The maximum Gasteiger partial charge on any atom is 0.239 e. The summed E-state index contributed by atoms with van der Waals surface area (Å²) in [6.45, 7) is -7.46. The molecule has 4 N–H and O–H groups in total. The summed E-state index contributed by atoms with van der Waals surface area (Å²) in [5.74, 6) is -0.620. The minimum absolute atomic E-state index is 0.162. The second kappa shape index (κ2) is 10.2. The Morgan fingerprint density at radius 1 is 1.16 bits per heavy atom. The lowest BCUT2D eigenvalue weighted by Gasteiger charge is -2.39. The molecule has 1 aromatic heterocycles. The Labute approximate surface area is 203 Å². The van der Waals surface area contributed by atoms with E-state index in [4.69, 9.17) is 29.3 Å². The normalized spacial score (nSPS) is 32.8. The van der Waals surface area contributed by atoms with E-state index in [2.05, 4.69) is 5.10 Å². The van der Waals surface area contributed by atoms with Gasteiger partial charge in [-0.25, -0.2) is 0 Å². The number of hydrogen-bond donors (Lipinski definition) is 4. The molecule has 1 aliphatic rings. The summed E-state index contributed by atoms with van der Waals surface area (Å²) < 4.78 is 106. The van der Waals surface area contributed by atoms with Crippen molar-refractivity contribution in [2.45, 2.75) is 83.6 Å². The summed E-state index contributed by atoms with van der Waals surface area (Å²) in [5.41, 5.74) is -2.20. The molecule has 3 rings (SSSR count). The van der Waals surface area contributed by atoms with E-state index >= 15 is 0 Å². The largest absolute Gasteiger partial charge is 0.491 e. The predicted octanol–water partition coefficient (Wildman–Crippen LogP) is 1.33. The molecule has 0 spiro atoms. The maximum absolute atomic E-state index is 10.5. The number of ether oxygens (including phenoxy) is 3. The van der Waals surface area contributed by atoms with E-state index in [0.29, 0.717) is 5.75 Å². The van der Waals surface area contributed by atoms with Crippen LogP contribution in [0.25, 0.3) is 0 Å². The topological polar surface area (TPSA) is 126 Å². The van der Waals surface area contributed by atoms with E-state index in [1.54, 1.807) is 13.8 Å². The van der Waals surface area contributed by atoms with Crippen LogP contribution in [0, 0.1) is 6.85 Å². The van der Waals surface area contributed by atoms with Crippen molar-refractivity contribution in [1.29, 1.82) is 0 Å². The Morgan fingerprint density at radius 3 is 2.47 bits per heavy atom. The SMILES string of the molecule is [2H]C([2H])([2H])c1c(C([2H])([2H])c2ccc(OC(C)C)cc2)c(O[C@@H]2O[C@H](CO)[C@@H](O)[C@H](O)[C@H]2O)nn1C(C([2H])([2H])[2H])C([2H])([2H])[2H]. The summed E-state index contributed by atoms with van der Waals surface area (Å²) in [6.07, 6.45) is -12.4. The standard InChI is InChI=1S/C23H34N2O7/c1-12(2)25-14(5)17(10-15-6-8-16(9-7-15)30-13(3)4)22(24-25)32-23-21(29)20(28)19(27)18(11-26)31-23/h6-9,12-13,18-21,23,26-29H,10-11H2,1-5H3/t18-,19-,20+,21-,23+/m1/s1/i1D3,2D3,5D3,10D2. The van der Waals surface area contributed by atoms with Gasteiger partial charge in [-0.2, -0.15) is 0 Å². The summed E-state index contributed by atoms with van der Waals surface area (Å²) >= 11 is 0. The molecule has 0 saturated carbocycles. The van der Waals surface area contributed by atoms with Gasteiger partial charge in [0.1, 0.15) is 30.2 Å². The molecule has 0 radical (unpaired) electrons. The van der Waals surface area contributed by atoms with Gasteiger partial charge in [-0.15, -0.1) is 5.10 Å². The van der Waals surface area contributed by atoms with E-state index in [1.807, 2.05) is 0 Å². The minimum atomic E-state index is -3.38. The van der Waals surface area contributed by atoms with Gasteiger partial charge in [0.2, 0.25) is 12.2 Å². The number of aliphatic hydroxyl groups excluding tert-OH is 4. The van der Waals surface area contributed by atoms with E-state index in [0.717, 1.165) is 0 Å². The zero-order valence-electron chi connectivity index (χ0n) is 28.5. The van der Waals surface area contributed by atoms with Crippen LogP contribution >= 0.6 is 0 Å². The van der Waals surface area contributed by atoms with Crippen molar-refractivity contribution in [3.05, 3.63) is 41.1 Å². The first-order valence-electron chi connectivity index (χ1n) is 15.4. The van der Waals surface area contributed by atoms with Crippen molar-refractivity contribution in [2.24, 2.45) is 0 Å². The van der Waals surface area contributed by atoms with Crippen LogP contribution in [-0.4, -0.2) is 73.6 Å². The molecule has 1 fully saturated rings. The summed E-state index contributed by atoms with van der Waals surface area (Å²) in [7, 11) is 0. The molecule has 2 heterocycles. The lowest BCUT2D eigenvalue weighted by molar-refractivity contribution is -0.278. The number of aromatic nitrogens is 2. The number of hydrogen-bond acceptors (Lipinski definition) is 8. The average molecular weight is 462 g/mol. The van der Waals surface area contributed by atoms with Crippen LogP contribution in [-0.2, 0) is 11.1 Å². The van der Waals surface area contributed by atoms with Crippen molar-refractivity contribution in [3.63, 3.8) is 0 Å². The first-order chi connectivity index (χ1) is 19.5. The fourth-order valence-corrected chi connectivity index (χ4v) is 3.10. The summed E-state index contributed by atoms with van der Waals surface area (Å²) in [4.78, 5) is 0. The van der Waals surface area contributed by atoms with Gasteiger partial charge in [-0.3, -0.25) is 4.68 Å². The molecule has 5 atom stereocenters. The van der Waals surface area contributed by atoms with E-state index in [1.165, 1.54) is 24.3 Å². The molecule has 1 aromatic carbocycles. The Kier molecular flexibility index (Phi) is 4.30. The number of aliphatic hydroxyl groups is 4. The fraction of sp³-hybridized carbons (Fsp3) is 0.609. The molecule has 9 heteroatoms. The maximum atomic E-state index is 10.5. The van der Waals surface area contributed by atoms with E-state index in [9.17, 15) is 20.4 Å². The van der Waals surface area contributed by atoms with Crippen molar-refractivity contribution in [3.8, 4) is 11.6 Å². The fourth-order valence-electron chi connectivity index (χ4n) is 3.10. The molecular formula is C23H34N2O7. The van der Waals surface area contributed by atoms with Crippen LogP contribution in [0.1, 0.15) is 65.5 Å². The first-order valence-corrected chi connectivity index (χ1v) is 9.89. The Balaban J connectivity index is 2.33. The van der Waals surface area contributed by atoms with Crippen molar-refractivity contribution >= 4 is 0 Å². The van der Waals surface area contributed by atoms with E-state index in [-0.39, 0.29) is 16.3 Å². The third-order valence-corrected chi connectivity index (χ3v) is 4.69. The summed E-state index contributed by atoms with van der Waals surface area (Å²) in [6, 6.07) is 2.75. The van der Waals surface area contributed by atoms with Crippen molar-refractivity contribution < 1.29 is 49.7 Å². The quantitative estimate of drug-likeness (QED) is 0.464. The Bertz CT molecular complexity index is 1230. The molecule has 1 aliphatic heterocycles. The number of benzene rings is 1. The predicted molar refractivity (Wildman–Crippen MR) is 117 cm³/mol. The zero-order valence-corrected chi connectivity index (χ0v) is 17.5. The van der Waals surface area contributed by atoms with Crippen LogP contribution in [0.15, 0.2) is 24.3 Å². The molecular weight excluding hydrogens is 416 g/mol. The minimum Gasteiger partial charge on any atom is -0.491 e. The average Bonchev–Trinajstić information content (AvgIpc) is 3.21. The van der Waals surface area contributed by atoms with Crippen LogP contribution in [0.5, 0.6) is 11.6 Å². The number of nitrogens with zero attached hydrogens (tertiary/aromatic N) is 2. The van der Waals surface area contributed by atoms with Gasteiger partial charge in [0.25, 0.3) is 0 Å². The molecule has 2 aromatic rings. The molecule has 178 valence electrons. The molecule has 0 unspecified atom stereocenters. The summed E-state index contributed by atoms with van der Waals surface area (Å²) in [5, 5.41) is 44.2. The third-order valence-electron chi connectivity index (χ3n) is 4.69. The third kappa shape index (κ3) is 5.24. The van der Waals surface area contributed by atoms with Crippen LogP contribution < -0.4 is 9.47 Å². The highest BCUT2D eigenvalue weighted by Gasteiger charge is 2.45. The van der Waals surface area contributed by atoms with Gasteiger partial charge in [0, 0.05) is 38.8 Å². The lowest BCUT2D eigenvalue weighted by Crippen LogP contribution is -2.60. The molecule has 1 saturated heterocycles. The molecule has 0 bridgehead atoms. The highest BCUT2D eigenvalue weighted by Crippen LogP contribution is 2.31. The smallest absolute Gasteiger partial charge is 0.239 e. The molecule has 0 aliphatic carbocycles. The highest BCUT2D eigenvalue weighted by atomic mass is 16.7. The zero-order chi connectivity index (χ0) is 32.9. The molecule has 9 nitrogen and oxygen atoms in total. The van der Waals surface area contributed by atoms with Gasteiger partial charge >= 0.3 is 0 Å². The monoisotopic (exact) mass is 461 g/mol. The van der Waals surface area contributed by atoms with Gasteiger partial charge in [0.05, 0.1) is 12.7 Å². The Morgan fingerprint density at radius 2 is 1.88 bits per heavy atom. The lowest BCUT2D eigenvalue weighted by atomic mass is 9.99. The van der Waals surface area contributed by atoms with Crippen LogP contribution in [0.4, 0.5) is 0 Å². The van der Waals surface area contributed by atoms with Gasteiger partial charge in [-0.1, -0.05) is 12.1 Å². The second-order valence-corrected chi connectivity index (χ2v) is 7.51. The van der Waals surface area contributed by atoms with E-state index < -0.39 is 87.4 Å². The molecule has 0 amide bonds. The van der Waals surface area contributed by atoms with Crippen molar-refractivity contribution in [2.75, 3.05) is 6.61 Å². The highest BCUT2D eigenvalue weighted by molar-refractivity contribution is 5.38. The van der Waals surface area contributed by atoms with Gasteiger partial charge in [-0.05, 0) is 52.1 Å². The molecule has 32 heavy (non-hydrogen) atoms. The van der Waals surface area contributed by atoms with Gasteiger partial charge in [0.15, 0.2) is 0 Å². The van der Waals surface area contributed by atoms with Crippen LogP contribution in [0.2, 0.25) is 0 Å². The van der Waals surface area contributed by atoms with Gasteiger partial charge < -0.3 is 34.6 Å². The first kappa shape index (κ1) is 13.5. The Hall–Kier alpha value is -2.17. The number of rotatable bonds is 8. The van der Waals surface area contributed by atoms with Crippen molar-refractivity contribution in [1.82, 2.24) is 9.78 Å².